The van der Waals surface area contributed by atoms with E-state index < -0.39 is 11.9 Å². The zero-order chi connectivity index (χ0) is 25.3. The third-order valence-electron chi connectivity index (χ3n) is 5.68. The Morgan fingerprint density at radius 3 is 1.31 bits per heavy atom. The van der Waals surface area contributed by atoms with Crippen molar-refractivity contribution in [2.45, 2.75) is 12.8 Å². The molecule has 0 aliphatic carbocycles. The van der Waals surface area contributed by atoms with E-state index in [2.05, 4.69) is 0 Å². The number of rotatable bonds is 11. The molecule has 0 heterocycles. The van der Waals surface area contributed by atoms with E-state index >= 15 is 0 Å². The summed E-state index contributed by atoms with van der Waals surface area (Å²) in [6.07, 6.45) is 1.34. The fourth-order valence-electron chi connectivity index (χ4n) is 3.83. The lowest BCUT2D eigenvalue weighted by Gasteiger charge is -2.14. The fourth-order valence-corrected chi connectivity index (χ4v) is 3.83. The largest absolute Gasteiger partial charge is 0.493 e. The van der Waals surface area contributed by atoms with Gasteiger partial charge in [0, 0.05) is 11.1 Å². The zero-order valence-electron chi connectivity index (χ0n) is 19.6. The van der Waals surface area contributed by atoms with Crippen LogP contribution in [-0.2, 0) is 0 Å². The van der Waals surface area contributed by atoms with Gasteiger partial charge in [-0.25, -0.2) is 9.59 Å². The molecule has 0 saturated heterocycles. The molecule has 36 heavy (non-hydrogen) atoms. The van der Waals surface area contributed by atoms with Gasteiger partial charge in [0.25, 0.3) is 0 Å². The molecular weight excluding hydrogens is 456 g/mol. The molecule has 0 aliphatic heterocycles. The molecule has 0 aromatic heterocycles. The Morgan fingerprint density at radius 1 is 0.556 bits per heavy atom. The highest BCUT2D eigenvalue weighted by Gasteiger charge is 2.13. The van der Waals surface area contributed by atoms with E-state index in [1.54, 1.807) is 36.4 Å². The van der Waals surface area contributed by atoms with E-state index in [-0.39, 0.29) is 11.1 Å². The Labute approximate surface area is 209 Å². The topological polar surface area (TPSA) is 93.1 Å². The van der Waals surface area contributed by atoms with E-state index in [0.29, 0.717) is 37.6 Å². The summed E-state index contributed by atoms with van der Waals surface area (Å²) in [6, 6.07) is 29.1. The number of carbonyl (C=O) groups is 2. The summed E-state index contributed by atoms with van der Waals surface area (Å²) in [7, 11) is 0. The number of unbranched alkanes of at least 4 members (excludes halogenated alkanes) is 1. The molecule has 0 atom stereocenters. The predicted molar refractivity (Wildman–Crippen MR) is 138 cm³/mol. The number of carboxylic acid groups (broad SMARTS) is 2. The summed E-state index contributed by atoms with van der Waals surface area (Å²) in [6.45, 7) is 0.764. The van der Waals surface area contributed by atoms with Crippen LogP contribution in [0.3, 0.4) is 0 Å². The van der Waals surface area contributed by atoms with Crippen molar-refractivity contribution >= 4 is 11.9 Å². The molecule has 6 heteroatoms. The van der Waals surface area contributed by atoms with Crippen LogP contribution in [0.25, 0.3) is 22.3 Å². The average Bonchev–Trinajstić information content (AvgIpc) is 2.91. The Kier molecular flexibility index (Phi) is 7.98. The Bertz CT molecular complexity index is 1230. The number of benzene rings is 4. The highest BCUT2D eigenvalue weighted by molar-refractivity contribution is 5.90. The molecule has 6 nitrogen and oxygen atoms in total. The van der Waals surface area contributed by atoms with Gasteiger partial charge in [0.15, 0.2) is 0 Å². The number of carboxylic acids is 2. The van der Waals surface area contributed by atoms with Gasteiger partial charge in [-0.15, -0.1) is 0 Å². The Hall–Kier alpha value is -4.58. The molecule has 182 valence electrons. The van der Waals surface area contributed by atoms with Crippen molar-refractivity contribution in [3.8, 4) is 33.8 Å². The molecule has 2 N–H and O–H groups in total. The minimum absolute atomic E-state index is 0.166. The first kappa shape index (κ1) is 24.5. The number of aromatic carboxylic acids is 2. The summed E-state index contributed by atoms with van der Waals surface area (Å²) >= 11 is 0. The van der Waals surface area contributed by atoms with Gasteiger partial charge in [0.05, 0.1) is 24.3 Å². The lowest BCUT2D eigenvalue weighted by molar-refractivity contribution is 0.0685. The highest BCUT2D eigenvalue weighted by atomic mass is 16.5. The summed E-state index contributed by atoms with van der Waals surface area (Å²) in [5, 5.41) is 18.7. The van der Waals surface area contributed by atoms with Gasteiger partial charge < -0.3 is 19.7 Å². The monoisotopic (exact) mass is 482 g/mol. The molecule has 0 amide bonds. The maximum Gasteiger partial charge on any atom is 0.335 e. The smallest absolute Gasteiger partial charge is 0.335 e. The molecule has 0 spiro atoms. The minimum Gasteiger partial charge on any atom is -0.493 e. The molecule has 0 unspecified atom stereocenters. The number of hydrogen-bond acceptors (Lipinski definition) is 4. The van der Waals surface area contributed by atoms with E-state index in [9.17, 15) is 19.8 Å². The summed E-state index contributed by atoms with van der Waals surface area (Å²) in [4.78, 5) is 22.9. The van der Waals surface area contributed by atoms with Crippen LogP contribution in [0.4, 0.5) is 0 Å². The van der Waals surface area contributed by atoms with Crippen LogP contribution in [0, 0.1) is 0 Å². The van der Waals surface area contributed by atoms with E-state index in [0.717, 1.165) is 22.3 Å². The zero-order valence-corrected chi connectivity index (χ0v) is 19.6. The Balaban J connectivity index is 1.39. The molecule has 0 aliphatic rings. The first-order valence-corrected chi connectivity index (χ1v) is 11.6. The third kappa shape index (κ3) is 6.10. The lowest BCUT2D eigenvalue weighted by atomic mass is 10.0. The predicted octanol–water partition coefficient (Wildman–Crippen LogP) is 6.66. The summed E-state index contributed by atoms with van der Waals surface area (Å²) in [5.74, 6) is -0.985. The molecule has 0 saturated carbocycles. The second-order valence-electron chi connectivity index (χ2n) is 8.17. The summed E-state index contributed by atoms with van der Waals surface area (Å²) < 4.78 is 12.0. The SMILES string of the molecule is O=C(O)c1ccc(-c2ccccc2)c(OCCCCOc2cc(C(=O)O)ccc2-c2ccccc2)c1. The van der Waals surface area contributed by atoms with Crippen LogP contribution in [0.5, 0.6) is 11.5 Å². The van der Waals surface area contributed by atoms with Crippen molar-refractivity contribution in [2.24, 2.45) is 0 Å². The second-order valence-corrected chi connectivity index (χ2v) is 8.17. The van der Waals surface area contributed by atoms with Crippen molar-refractivity contribution in [3.05, 3.63) is 108 Å². The molecule has 4 rings (SSSR count). The van der Waals surface area contributed by atoms with Crippen LogP contribution in [-0.4, -0.2) is 35.4 Å². The quantitative estimate of drug-likeness (QED) is 0.232. The fraction of sp³-hybridized carbons (Fsp3) is 0.133. The molecule has 0 bridgehead atoms. The van der Waals surface area contributed by atoms with E-state index in [4.69, 9.17) is 9.47 Å². The van der Waals surface area contributed by atoms with Gasteiger partial charge >= 0.3 is 11.9 Å². The Morgan fingerprint density at radius 2 is 0.944 bits per heavy atom. The van der Waals surface area contributed by atoms with E-state index in [1.807, 2.05) is 60.7 Å². The second kappa shape index (κ2) is 11.7. The molecule has 0 fully saturated rings. The van der Waals surface area contributed by atoms with Crippen molar-refractivity contribution in [1.82, 2.24) is 0 Å². The average molecular weight is 483 g/mol. The molecule has 4 aromatic rings. The third-order valence-corrected chi connectivity index (χ3v) is 5.68. The van der Waals surface area contributed by atoms with Gasteiger partial charge in [-0.2, -0.15) is 0 Å². The normalized spacial score (nSPS) is 10.6. The van der Waals surface area contributed by atoms with Crippen molar-refractivity contribution in [3.63, 3.8) is 0 Å². The highest BCUT2D eigenvalue weighted by Crippen LogP contribution is 2.32. The van der Waals surface area contributed by atoms with Gasteiger partial charge in [-0.1, -0.05) is 60.7 Å². The first-order chi connectivity index (χ1) is 17.5. The number of hydrogen-bond donors (Lipinski definition) is 2. The standard InChI is InChI=1S/C30H26O6/c31-29(32)23-13-15-25(21-9-3-1-4-10-21)27(19-23)35-17-7-8-18-36-28-20-24(30(33)34)14-16-26(28)22-11-5-2-6-12-22/h1-6,9-16,19-20H,7-8,17-18H2,(H,31,32)(H,33,34). The van der Waals surface area contributed by atoms with Gasteiger partial charge in [-0.3, -0.25) is 0 Å². The molecule has 0 radical (unpaired) electrons. The van der Waals surface area contributed by atoms with Crippen LogP contribution in [0.2, 0.25) is 0 Å². The van der Waals surface area contributed by atoms with Crippen LogP contribution in [0.15, 0.2) is 97.1 Å². The van der Waals surface area contributed by atoms with Crippen molar-refractivity contribution in [2.75, 3.05) is 13.2 Å². The lowest BCUT2D eigenvalue weighted by Crippen LogP contribution is -2.06. The molecule has 4 aromatic carbocycles. The van der Waals surface area contributed by atoms with Gasteiger partial charge in [-0.05, 0) is 60.4 Å². The van der Waals surface area contributed by atoms with Gasteiger partial charge in [0.1, 0.15) is 11.5 Å². The van der Waals surface area contributed by atoms with E-state index in [1.165, 1.54) is 0 Å². The van der Waals surface area contributed by atoms with Gasteiger partial charge in [0.2, 0.25) is 0 Å². The maximum absolute atomic E-state index is 11.4. The maximum atomic E-state index is 11.4. The van der Waals surface area contributed by atoms with Crippen LogP contribution >= 0.6 is 0 Å². The molecular formula is C30H26O6. The van der Waals surface area contributed by atoms with Crippen molar-refractivity contribution < 1.29 is 29.3 Å². The van der Waals surface area contributed by atoms with Crippen LogP contribution in [0.1, 0.15) is 33.6 Å². The minimum atomic E-state index is -1.01. The first-order valence-electron chi connectivity index (χ1n) is 11.6. The summed E-state index contributed by atoms with van der Waals surface area (Å²) in [5.41, 5.74) is 3.88. The number of ether oxygens (including phenoxy) is 2. The van der Waals surface area contributed by atoms with Crippen LogP contribution < -0.4 is 9.47 Å². The van der Waals surface area contributed by atoms with Crippen molar-refractivity contribution in [1.29, 1.82) is 0 Å².